The van der Waals surface area contributed by atoms with Crippen molar-refractivity contribution in [2.45, 2.75) is 358 Å². The van der Waals surface area contributed by atoms with Crippen molar-refractivity contribution in [1.29, 1.82) is 0 Å². The van der Waals surface area contributed by atoms with Gasteiger partial charge in [0.2, 0.25) is 0 Å². The number of aliphatic hydroxyl groups excluding tert-OH is 2. The van der Waals surface area contributed by atoms with E-state index in [9.17, 15) is 10.2 Å². The quantitative estimate of drug-likeness (QED) is 0.0582. The third kappa shape index (κ3) is 57.3. The molecule has 0 aliphatic heterocycles. The average Bonchev–Trinajstić information content (AvgIpc) is 4.07. The number of ether oxygens (including phenoxy) is 6. The minimum absolute atomic E-state index is 0.0416. The summed E-state index contributed by atoms with van der Waals surface area (Å²) in [6.45, 7) is 31.7. The van der Waals surface area contributed by atoms with Gasteiger partial charge in [0, 0.05) is 52.9 Å². The fourth-order valence-corrected chi connectivity index (χ4v) is 13.1. The highest BCUT2D eigenvalue weighted by molar-refractivity contribution is 4.75. The van der Waals surface area contributed by atoms with Crippen LogP contribution in [0.1, 0.15) is 345 Å². The lowest BCUT2D eigenvalue weighted by molar-refractivity contribution is -0.0459. The van der Waals surface area contributed by atoms with Crippen molar-refractivity contribution in [1.82, 2.24) is 0 Å². The van der Waals surface area contributed by atoms with Crippen molar-refractivity contribution in [2.75, 3.05) is 79.3 Å². The molecule has 1 saturated carbocycles. The van der Waals surface area contributed by atoms with Crippen LogP contribution in [0.25, 0.3) is 0 Å². The SMILES string of the molecule is CC(C)CCC[C@@H](C)CCC[C@@H](C)CCCC(C)CCO[C@H](CO)COCCCCCCCCCCCCOC[C@@H]1CC[C@H](COCCCCCCCCCCCCOC[C@H](CO)OCCC(C)CCC[C@H](C)CCC[C@H](C)CCCC(C)C)C1. The number of unbranched alkanes of at least 4 members (excludes halogenated alkanes) is 18. The van der Waals surface area contributed by atoms with E-state index >= 15 is 0 Å². The van der Waals surface area contributed by atoms with E-state index in [0.717, 1.165) is 126 Å². The highest BCUT2D eigenvalue weighted by Gasteiger charge is 2.25. The van der Waals surface area contributed by atoms with E-state index in [4.69, 9.17) is 28.4 Å². The molecule has 0 heterocycles. The van der Waals surface area contributed by atoms with Crippen LogP contribution in [0.15, 0.2) is 0 Å². The summed E-state index contributed by atoms with van der Waals surface area (Å²) in [6, 6.07) is 0. The van der Waals surface area contributed by atoms with E-state index in [-0.39, 0.29) is 25.4 Å². The maximum Gasteiger partial charge on any atom is 0.104 e. The van der Waals surface area contributed by atoms with E-state index in [2.05, 4.69) is 69.2 Å². The highest BCUT2D eigenvalue weighted by atomic mass is 16.5. The molecule has 1 fully saturated rings. The molecule has 1 rings (SSSR count). The second-order valence-electron chi connectivity index (χ2n) is 29.8. The van der Waals surface area contributed by atoms with E-state index in [1.165, 1.54) is 250 Å². The Kier molecular flexibility index (Phi) is 59.5. The second-order valence-corrected chi connectivity index (χ2v) is 29.8. The molecule has 2 unspecified atom stereocenters. The lowest BCUT2D eigenvalue weighted by atomic mass is 9.91. The Morgan fingerprint density at radius 2 is 0.506 bits per heavy atom. The van der Waals surface area contributed by atoms with Crippen molar-refractivity contribution in [3.05, 3.63) is 0 Å². The molecule has 510 valence electrons. The van der Waals surface area contributed by atoms with Crippen LogP contribution in [-0.2, 0) is 28.4 Å². The topological polar surface area (TPSA) is 95.8 Å². The molecule has 0 aromatic heterocycles. The largest absolute Gasteiger partial charge is 0.394 e. The normalized spacial score (nSPS) is 17.7. The standard InChI is InChI=1S/C77H154O8/c1-66(2)37-31-39-68(5)41-33-43-70(7)45-35-47-72(9)51-57-84-76(60-78)64-82-55-29-25-21-17-13-11-15-19-23-27-53-80-62-74-49-50-75(59-74)63-81-54-28-24-20-16-12-14-18-22-26-30-56-83-65-77(61-79)85-58-52-73(10)48-36-46-71(8)44-34-42-69(6)40-32-38-67(3)4/h66-79H,11-65H2,1-10H3/t68-,69-,70-,71-,72?,73?,74-,75+,76-,77+/m1/s1. The summed E-state index contributed by atoms with van der Waals surface area (Å²) in [5.74, 6) is 7.95. The van der Waals surface area contributed by atoms with Gasteiger partial charge in [-0.1, -0.05) is 288 Å². The van der Waals surface area contributed by atoms with Crippen molar-refractivity contribution in [3.63, 3.8) is 0 Å². The first-order valence-electron chi connectivity index (χ1n) is 38.1. The van der Waals surface area contributed by atoms with E-state index in [0.29, 0.717) is 25.0 Å². The van der Waals surface area contributed by atoms with Crippen LogP contribution in [0.3, 0.4) is 0 Å². The van der Waals surface area contributed by atoms with Gasteiger partial charge in [0.1, 0.15) is 12.2 Å². The molecule has 0 saturated heterocycles. The fraction of sp³-hybridized carbons (Fsp3) is 1.00. The second kappa shape index (κ2) is 61.2. The number of aliphatic hydroxyl groups is 2. The Hall–Kier alpha value is -0.320. The molecule has 8 nitrogen and oxygen atoms in total. The van der Waals surface area contributed by atoms with Gasteiger partial charge in [-0.3, -0.25) is 0 Å². The molecule has 0 bridgehead atoms. The summed E-state index contributed by atoms with van der Waals surface area (Å²) in [4.78, 5) is 0. The zero-order valence-corrected chi connectivity index (χ0v) is 59.2. The maximum absolute atomic E-state index is 9.83. The lowest BCUT2D eigenvalue weighted by Gasteiger charge is -2.18. The van der Waals surface area contributed by atoms with Crippen molar-refractivity contribution in [2.24, 2.45) is 59.2 Å². The Morgan fingerprint density at radius 1 is 0.271 bits per heavy atom. The molecule has 0 amide bonds. The van der Waals surface area contributed by atoms with Crippen LogP contribution < -0.4 is 0 Å². The van der Waals surface area contributed by atoms with Gasteiger partial charge in [0.05, 0.1) is 26.4 Å². The van der Waals surface area contributed by atoms with Gasteiger partial charge >= 0.3 is 0 Å². The molecule has 0 radical (unpaired) electrons. The average molecular weight is 1210 g/mol. The van der Waals surface area contributed by atoms with E-state index in [1.807, 2.05) is 0 Å². The predicted molar refractivity (Wildman–Crippen MR) is 367 cm³/mol. The molecule has 2 N–H and O–H groups in total. The number of hydrogen-bond donors (Lipinski definition) is 2. The molecule has 10 atom stereocenters. The van der Waals surface area contributed by atoms with Gasteiger partial charge in [-0.15, -0.1) is 0 Å². The lowest BCUT2D eigenvalue weighted by Crippen LogP contribution is -2.25. The van der Waals surface area contributed by atoms with Gasteiger partial charge in [-0.25, -0.2) is 0 Å². The fourth-order valence-electron chi connectivity index (χ4n) is 13.1. The third-order valence-corrected chi connectivity index (χ3v) is 19.5. The molecular weight excluding hydrogens is 1050 g/mol. The summed E-state index contributed by atoms with van der Waals surface area (Å²) >= 11 is 0. The molecule has 1 aliphatic carbocycles. The Bertz CT molecular complexity index is 1220. The van der Waals surface area contributed by atoms with Crippen molar-refractivity contribution < 1.29 is 38.6 Å². The first-order valence-corrected chi connectivity index (χ1v) is 38.1. The third-order valence-electron chi connectivity index (χ3n) is 19.5. The molecule has 1 aliphatic rings. The van der Waals surface area contributed by atoms with Crippen LogP contribution in [-0.4, -0.2) is 102 Å². The van der Waals surface area contributed by atoms with Gasteiger partial charge < -0.3 is 38.6 Å². The van der Waals surface area contributed by atoms with Gasteiger partial charge in [-0.2, -0.15) is 0 Å². The van der Waals surface area contributed by atoms with Crippen molar-refractivity contribution in [3.8, 4) is 0 Å². The first-order chi connectivity index (χ1) is 41.3. The smallest absolute Gasteiger partial charge is 0.104 e. The number of rotatable bonds is 68. The van der Waals surface area contributed by atoms with Crippen LogP contribution >= 0.6 is 0 Å². The van der Waals surface area contributed by atoms with Crippen LogP contribution in [0.4, 0.5) is 0 Å². The summed E-state index contributed by atoms with van der Waals surface area (Å²) in [5, 5.41) is 19.7. The summed E-state index contributed by atoms with van der Waals surface area (Å²) in [5.41, 5.74) is 0. The minimum Gasteiger partial charge on any atom is -0.394 e. The summed E-state index contributed by atoms with van der Waals surface area (Å²) < 4.78 is 36.1. The first kappa shape index (κ1) is 82.7. The van der Waals surface area contributed by atoms with Crippen molar-refractivity contribution >= 4 is 0 Å². The monoisotopic (exact) mass is 1210 g/mol. The summed E-state index contributed by atoms with van der Waals surface area (Å²) in [7, 11) is 0. The van der Waals surface area contributed by atoms with Gasteiger partial charge in [0.25, 0.3) is 0 Å². The van der Waals surface area contributed by atoms with Gasteiger partial charge in [-0.05, 0) is 117 Å². The molecule has 0 aromatic rings. The summed E-state index contributed by atoms with van der Waals surface area (Å²) in [6.07, 6.45) is 56.0. The van der Waals surface area contributed by atoms with E-state index in [1.54, 1.807) is 0 Å². The maximum atomic E-state index is 9.83. The van der Waals surface area contributed by atoms with Gasteiger partial charge in [0.15, 0.2) is 0 Å². The van der Waals surface area contributed by atoms with Crippen LogP contribution in [0.2, 0.25) is 0 Å². The Labute approximate surface area is 532 Å². The van der Waals surface area contributed by atoms with E-state index < -0.39 is 0 Å². The predicted octanol–water partition coefficient (Wildman–Crippen LogP) is 22.0. The molecule has 85 heavy (non-hydrogen) atoms. The zero-order chi connectivity index (χ0) is 62.1. The Morgan fingerprint density at radius 3 is 0.765 bits per heavy atom. The number of hydrogen-bond acceptors (Lipinski definition) is 8. The molecule has 0 aromatic carbocycles. The van der Waals surface area contributed by atoms with Crippen LogP contribution in [0.5, 0.6) is 0 Å². The molecular formula is C77H154O8. The van der Waals surface area contributed by atoms with Crippen LogP contribution in [0, 0.1) is 59.2 Å². The zero-order valence-electron chi connectivity index (χ0n) is 59.2. The minimum atomic E-state index is -0.193. The molecule has 8 heteroatoms. The highest BCUT2D eigenvalue weighted by Crippen LogP contribution is 2.32. The Balaban J connectivity index is 1.82. The molecule has 0 spiro atoms.